The Bertz CT molecular complexity index is 465. The van der Waals surface area contributed by atoms with E-state index >= 15 is 0 Å². The molecule has 4 aliphatic rings. The van der Waals surface area contributed by atoms with Crippen LogP contribution in [0.4, 0.5) is 0 Å². The molecule has 1 aromatic rings. The normalized spacial score (nSPS) is 38.6. The van der Waals surface area contributed by atoms with Crippen LogP contribution in [0.3, 0.4) is 0 Å². The highest BCUT2D eigenvalue weighted by atomic mass is 15.3. The molecule has 0 spiro atoms. The highest BCUT2D eigenvalue weighted by Gasteiger charge is 2.49. The van der Waals surface area contributed by atoms with E-state index in [1.165, 1.54) is 37.9 Å². The van der Waals surface area contributed by atoms with Crippen molar-refractivity contribution in [2.75, 3.05) is 6.54 Å². The van der Waals surface area contributed by atoms with E-state index in [-0.39, 0.29) is 0 Å². The molecular weight excluding hydrogens is 248 g/mol. The summed E-state index contributed by atoms with van der Waals surface area (Å²) in [5.41, 5.74) is 5.67. The molecule has 4 saturated carbocycles. The van der Waals surface area contributed by atoms with Gasteiger partial charge < -0.3 is 10.3 Å². The van der Waals surface area contributed by atoms with Gasteiger partial charge in [0, 0.05) is 12.5 Å². The Morgan fingerprint density at radius 3 is 2.30 bits per heavy atom. The smallest absolute Gasteiger partial charge is 0.133 e. The van der Waals surface area contributed by atoms with Gasteiger partial charge >= 0.3 is 0 Å². The number of nitrogens with zero attached hydrogens (tertiary/aromatic N) is 3. The summed E-state index contributed by atoms with van der Waals surface area (Å²) < 4.78 is 2.50. The maximum Gasteiger partial charge on any atom is 0.133 e. The van der Waals surface area contributed by atoms with Gasteiger partial charge in [0.2, 0.25) is 0 Å². The molecule has 0 unspecified atom stereocenters. The van der Waals surface area contributed by atoms with Crippen LogP contribution in [-0.2, 0) is 6.42 Å². The van der Waals surface area contributed by atoms with E-state index in [2.05, 4.69) is 21.7 Å². The van der Waals surface area contributed by atoms with Gasteiger partial charge in [0.25, 0.3) is 0 Å². The van der Waals surface area contributed by atoms with Gasteiger partial charge in [-0.1, -0.05) is 0 Å². The maximum atomic E-state index is 5.67. The van der Waals surface area contributed by atoms with Crippen molar-refractivity contribution in [1.82, 2.24) is 14.8 Å². The lowest BCUT2D eigenvalue weighted by Crippen LogP contribution is -2.46. The lowest BCUT2D eigenvalue weighted by molar-refractivity contribution is -0.0309. The van der Waals surface area contributed by atoms with Gasteiger partial charge in [-0.25, -0.2) is 0 Å². The second-order valence-corrected chi connectivity index (χ2v) is 7.35. The minimum atomic E-state index is 0.686. The van der Waals surface area contributed by atoms with Crippen LogP contribution in [0.1, 0.15) is 56.2 Å². The fourth-order valence-electron chi connectivity index (χ4n) is 5.55. The third-order valence-corrected chi connectivity index (χ3v) is 6.02. The molecule has 0 radical (unpaired) electrons. The van der Waals surface area contributed by atoms with Crippen molar-refractivity contribution < 1.29 is 0 Å². The predicted molar refractivity (Wildman–Crippen MR) is 78.2 cm³/mol. The van der Waals surface area contributed by atoms with E-state index in [1.54, 1.807) is 0 Å². The number of nitrogens with two attached hydrogens (primary N) is 1. The Labute approximate surface area is 121 Å². The van der Waals surface area contributed by atoms with Gasteiger partial charge in [-0.2, -0.15) is 0 Å². The van der Waals surface area contributed by atoms with Crippen LogP contribution in [0.2, 0.25) is 0 Å². The van der Waals surface area contributed by atoms with Crippen molar-refractivity contribution in [3.8, 4) is 0 Å². The minimum absolute atomic E-state index is 0.686. The number of aromatic nitrogens is 3. The van der Waals surface area contributed by atoms with E-state index in [1.807, 2.05) is 0 Å². The SMILES string of the molecule is Cc1nnc(CCCN)n1C1C2CC3CC(C2)CC1C3. The van der Waals surface area contributed by atoms with Crippen LogP contribution < -0.4 is 5.73 Å². The monoisotopic (exact) mass is 274 g/mol. The first-order valence-corrected chi connectivity index (χ1v) is 8.36. The van der Waals surface area contributed by atoms with Gasteiger partial charge in [-0.3, -0.25) is 0 Å². The van der Waals surface area contributed by atoms with E-state index in [0.29, 0.717) is 6.04 Å². The van der Waals surface area contributed by atoms with E-state index in [4.69, 9.17) is 5.73 Å². The lowest BCUT2D eigenvalue weighted by atomic mass is 9.54. The molecule has 0 saturated heterocycles. The molecule has 5 rings (SSSR count). The first-order valence-electron chi connectivity index (χ1n) is 8.36. The number of hydrogen-bond donors (Lipinski definition) is 1. The number of rotatable bonds is 4. The molecule has 4 heteroatoms. The minimum Gasteiger partial charge on any atom is -0.330 e. The van der Waals surface area contributed by atoms with Crippen LogP contribution >= 0.6 is 0 Å². The molecule has 0 aromatic carbocycles. The van der Waals surface area contributed by atoms with E-state index < -0.39 is 0 Å². The zero-order valence-corrected chi connectivity index (χ0v) is 12.5. The van der Waals surface area contributed by atoms with Crippen molar-refractivity contribution in [3.05, 3.63) is 11.6 Å². The van der Waals surface area contributed by atoms with Crippen LogP contribution in [0.5, 0.6) is 0 Å². The Balaban J connectivity index is 1.65. The first-order chi connectivity index (χ1) is 9.76. The molecule has 20 heavy (non-hydrogen) atoms. The Kier molecular flexibility index (Phi) is 3.09. The Hall–Kier alpha value is -0.900. The summed E-state index contributed by atoms with van der Waals surface area (Å²) in [5, 5.41) is 8.82. The van der Waals surface area contributed by atoms with E-state index in [0.717, 1.165) is 48.9 Å². The van der Waals surface area contributed by atoms with Crippen molar-refractivity contribution in [3.63, 3.8) is 0 Å². The number of hydrogen-bond acceptors (Lipinski definition) is 3. The van der Waals surface area contributed by atoms with Gasteiger partial charge in [-0.15, -0.1) is 10.2 Å². The highest BCUT2D eigenvalue weighted by molar-refractivity contribution is 5.07. The molecule has 4 fully saturated rings. The Morgan fingerprint density at radius 1 is 1.05 bits per heavy atom. The average Bonchev–Trinajstić information content (AvgIpc) is 2.77. The standard InChI is InChI=1S/C16H26N4/c1-10-18-19-15(3-2-4-17)20(10)16-13-6-11-5-12(8-13)9-14(16)7-11/h11-14,16H,2-9,17H2,1H3. The highest BCUT2D eigenvalue weighted by Crippen LogP contribution is 2.58. The molecule has 2 N–H and O–H groups in total. The second kappa shape index (κ2) is 4.83. The lowest BCUT2D eigenvalue weighted by Gasteiger charge is -2.55. The van der Waals surface area contributed by atoms with Gasteiger partial charge in [0.1, 0.15) is 11.6 Å². The maximum absolute atomic E-state index is 5.67. The van der Waals surface area contributed by atoms with E-state index in [9.17, 15) is 0 Å². The molecule has 0 atom stereocenters. The summed E-state index contributed by atoms with van der Waals surface area (Å²) in [6, 6.07) is 0.686. The third-order valence-electron chi connectivity index (χ3n) is 6.02. The Morgan fingerprint density at radius 2 is 1.70 bits per heavy atom. The molecule has 1 aromatic heterocycles. The van der Waals surface area contributed by atoms with Crippen LogP contribution in [-0.4, -0.2) is 21.3 Å². The summed E-state index contributed by atoms with van der Waals surface area (Å²) in [7, 11) is 0. The molecule has 4 nitrogen and oxygen atoms in total. The fourth-order valence-corrected chi connectivity index (χ4v) is 5.55. The molecule has 1 heterocycles. The average molecular weight is 274 g/mol. The fraction of sp³-hybridized carbons (Fsp3) is 0.875. The molecule has 110 valence electrons. The summed E-state index contributed by atoms with van der Waals surface area (Å²) in [6.45, 7) is 2.87. The molecular formula is C16H26N4. The van der Waals surface area contributed by atoms with Gasteiger partial charge in [0.05, 0.1) is 0 Å². The van der Waals surface area contributed by atoms with Crippen LogP contribution in [0.25, 0.3) is 0 Å². The summed E-state index contributed by atoms with van der Waals surface area (Å²) >= 11 is 0. The van der Waals surface area contributed by atoms with Gasteiger partial charge in [0.15, 0.2) is 0 Å². The van der Waals surface area contributed by atoms with Gasteiger partial charge in [-0.05, 0) is 75.7 Å². The largest absolute Gasteiger partial charge is 0.330 e. The molecule has 4 bridgehead atoms. The second-order valence-electron chi connectivity index (χ2n) is 7.35. The zero-order chi connectivity index (χ0) is 13.7. The van der Waals surface area contributed by atoms with Crippen molar-refractivity contribution in [2.45, 2.75) is 57.9 Å². The zero-order valence-electron chi connectivity index (χ0n) is 12.5. The number of aryl methyl sites for hydroxylation is 2. The first kappa shape index (κ1) is 12.8. The topological polar surface area (TPSA) is 56.7 Å². The van der Waals surface area contributed by atoms with Crippen molar-refractivity contribution in [1.29, 1.82) is 0 Å². The summed E-state index contributed by atoms with van der Waals surface area (Å²) in [6.07, 6.45) is 9.32. The molecule has 4 aliphatic carbocycles. The van der Waals surface area contributed by atoms with Crippen molar-refractivity contribution >= 4 is 0 Å². The summed E-state index contributed by atoms with van der Waals surface area (Å²) in [4.78, 5) is 0. The van der Waals surface area contributed by atoms with Crippen molar-refractivity contribution in [2.24, 2.45) is 29.4 Å². The third kappa shape index (κ3) is 1.92. The van der Waals surface area contributed by atoms with Crippen LogP contribution in [0, 0.1) is 30.6 Å². The molecule has 0 aliphatic heterocycles. The van der Waals surface area contributed by atoms with Crippen LogP contribution in [0.15, 0.2) is 0 Å². The molecule has 0 amide bonds. The summed E-state index contributed by atoms with van der Waals surface area (Å²) in [5.74, 6) is 6.13. The quantitative estimate of drug-likeness (QED) is 0.917. The predicted octanol–water partition coefficient (Wildman–Crippen LogP) is 2.48.